The van der Waals surface area contributed by atoms with E-state index < -0.39 is 9.04 Å². The fourth-order valence-corrected chi connectivity index (χ4v) is 4.94. The van der Waals surface area contributed by atoms with Gasteiger partial charge in [-0.1, -0.05) is 64.1 Å². The van der Waals surface area contributed by atoms with Gasteiger partial charge in [0.25, 0.3) is 0 Å². The molecule has 1 nitrogen and oxygen atoms in total. The molecule has 1 rings (SSSR count). The van der Waals surface area contributed by atoms with Crippen LogP contribution in [0.4, 0.5) is 0 Å². The summed E-state index contributed by atoms with van der Waals surface area (Å²) in [5, 5.41) is 0. The molecule has 1 aromatic carbocycles. The topological polar surface area (TPSA) is 9.23 Å². The van der Waals surface area contributed by atoms with Crippen molar-refractivity contribution < 1.29 is 4.43 Å². The fourth-order valence-electron chi connectivity index (χ4n) is 2.17. The Morgan fingerprint density at radius 1 is 1.06 bits per heavy atom. The molecule has 0 amide bonds. The van der Waals surface area contributed by atoms with Gasteiger partial charge in [0, 0.05) is 0 Å². The summed E-state index contributed by atoms with van der Waals surface area (Å²) in [6.45, 7) is 13.0. The smallest absolute Gasteiger partial charge is 0.183 e. The molecule has 0 saturated carbocycles. The molecular weight excluding hydrogens is 224 g/mol. The van der Waals surface area contributed by atoms with Gasteiger partial charge < -0.3 is 4.43 Å². The lowest BCUT2D eigenvalue weighted by Gasteiger charge is -2.27. The van der Waals surface area contributed by atoms with Crippen LogP contribution in [0.3, 0.4) is 0 Å². The monoisotopic (exact) mass is 248 g/mol. The van der Waals surface area contributed by atoms with E-state index in [1.165, 1.54) is 5.56 Å². The maximum atomic E-state index is 6.33. The third kappa shape index (κ3) is 4.13. The summed E-state index contributed by atoms with van der Waals surface area (Å²) < 4.78 is 6.33. The standard InChI is InChI=1S/C15H24OSi/c1-6-15(14-10-8-7-9-11-14)16-17(12(2)3)13(4)5/h6-13,15,17H,1H2,2-5H3. The highest BCUT2D eigenvalue weighted by Gasteiger charge is 2.24. The molecule has 0 aromatic heterocycles. The molecule has 94 valence electrons. The zero-order chi connectivity index (χ0) is 12.8. The van der Waals surface area contributed by atoms with Gasteiger partial charge in [-0.25, -0.2) is 0 Å². The maximum Gasteiger partial charge on any atom is 0.183 e. The summed E-state index contributed by atoms with van der Waals surface area (Å²) in [5.74, 6) is 0. The van der Waals surface area contributed by atoms with E-state index in [9.17, 15) is 0 Å². The fraction of sp³-hybridized carbons (Fsp3) is 0.467. The Labute approximate surface area is 107 Å². The Morgan fingerprint density at radius 3 is 2.00 bits per heavy atom. The molecule has 2 heteroatoms. The first-order chi connectivity index (χ1) is 8.06. The van der Waals surface area contributed by atoms with Crippen molar-refractivity contribution >= 4 is 9.04 Å². The highest BCUT2D eigenvalue weighted by molar-refractivity contribution is 6.55. The van der Waals surface area contributed by atoms with Crippen molar-refractivity contribution in [3.05, 3.63) is 48.6 Å². The zero-order valence-corrected chi connectivity index (χ0v) is 12.5. The molecule has 0 heterocycles. The Hall–Kier alpha value is -0.863. The average Bonchev–Trinajstić information content (AvgIpc) is 2.30. The minimum Gasteiger partial charge on any atom is -0.409 e. The molecule has 0 aliphatic heterocycles. The molecule has 1 unspecified atom stereocenters. The highest BCUT2D eigenvalue weighted by atomic mass is 28.3. The molecule has 0 aliphatic rings. The van der Waals surface area contributed by atoms with E-state index in [-0.39, 0.29) is 6.10 Å². The predicted octanol–water partition coefficient (Wildman–Crippen LogP) is 4.47. The molecule has 1 aromatic rings. The lowest BCUT2D eigenvalue weighted by atomic mass is 10.1. The molecular formula is C15H24OSi. The Morgan fingerprint density at radius 2 is 1.59 bits per heavy atom. The quantitative estimate of drug-likeness (QED) is 0.533. The van der Waals surface area contributed by atoms with Gasteiger partial charge >= 0.3 is 0 Å². The minimum atomic E-state index is -1.20. The normalized spacial score (nSPS) is 13.4. The third-order valence-corrected chi connectivity index (χ3v) is 6.20. The molecule has 0 spiro atoms. The van der Waals surface area contributed by atoms with Gasteiger partial charge in [-0.2, -0.15) is 0 Å². The van der Waals surface area contributed by atoms with Crippen molar-refractivity contribution in [2.45, 2.75) is 44.9 Å². The second-order valence-electron chi connectivity index (χ2n) is 5.16. The summed E-state index contributed by atoms with van der Waals surface area (Å²) in [7, 11) is -1.20. The van der Waals surface area contributed by atoms with Crippen LogP contribution in [0.5, 0.6) is 0 Å². The zero-order valence-electron chi connectivity index (χ0n) is 11.4. The maximum absolute atomic E-state index is 6.33. The van der Waals surface area contributed by atoms with Crippen molar-refractivity contribution in [2.24, 2.45) is 0 Å². The van der Waals surface area contributed by atoms with Gasteiger partial charge in [-0.3, -0.25) is 0 Å². The van der Waals surface area contributed by atoms with E-state index >= 15 is 0 Å². The van der Waals surface area contributed by atoms with E-state index in [0.29, 0.717) is 11.1 Å². The van der Waals surface area contributed by atoms with Crippen LogP contribution in [-0.4, -0.2) is 9.04 Å². The minimum absolute atomic E-state index is 0.0534. The largest absolute Gasteiger partial charge is 0.409 e. The van der Waals surface area contributed by atoms with Crippen LogP contribution >= 0.6 is 0 Å². The van der Waals surface area contributed by atoms with Crippen LogP contribution < -0.4 is 0 Å². The van der Waals surface area contributed by atoms with E-state index in [0.717, 1.165) is 0 Å². The summed E-state index contributed by atoms with van der Waals surface area (Å²) in [4.78, 5) is 0. The van der Waals surface area contributed by atoms with E-state index in [2.05, 4.69) is 58.5 Å². The molecule has 17 heavy (non-hydrogen) atoms. The van der Waals surface area contributed by atoms with Crippen molar-refractivity contribution in [1.29, 1.82) is 0 Å². The lowest BCUT2D eigenvalue weighted by molar-refractivity contribution is 0.246. The molecule has 0 radical (unpaired) electrons. The highest BCUT2D eigenvalue weighted by Crippen LogP contribution is 2.28. The number of benzene rings is 1. The van der Waals surface area contributed by atoms with Gasteiger partial charge in [-0.05, 0) is 16.6 Å². The Bertz CT molecular complexity index is 324. The molecule has 0 bridgehead atoms. The summed E-state index contributed by atoms with van der Waals surface area (Å²) in [6, 6.07) is 10.4. The number of hydrogen-bond donors (Lipinski definition) is 0. The van der Waals surface area contributed by atoms with E-state index in [1.54, 1.807) is 0 Å². The second kappa shape index (κ2) is 6.77. The molecule has 0 fully saturated rings. The molecule has 0 N–H and O–H groups in total. The van der Waals surface area contributed by atoms with Gasteiger partial charge in [-0.15, -0.1) is 6.58 Å². The van der Waals surface area contributed by atoms with Gasteiger partial charge in [0.1, 0.15) is 0 Å². The van der Waals surface area contributed by atoms with Gasteiger partial charge in [0.15, 0.2) is 9.04 Å². The van der Waals surface area contributed by atoms with Crippen molar-refractivity contribution in [3.63, 3.8) is 0 Å². The van der Waals surface area contributed by atoms with Crippen molar-refractivity contribution in [1.82, 2.24) is 0 Å². The average molecular weight is 248 g/mol. The van der Waals surface area contributed by atoms with Gasteiger partial charge in [0.2, 0.25) is 0 Å². The Kier molecular flexibility index (Phi) is 5.66. The second-order valence-corrected chi connectivity index (χ2v) is 9.02. The molecule has 1 atom stereocenters. The lowest BCUT2D eigenvalue weighted by Crippen LogP contribution is -2.27. The van der Waals surface area contributed by atoms with Crippen molar-refractivity contribution in [2.75, 3.05) is 0 Å². The summed E-state index contributed by atoms with van der Waals surface area (Å²) in [5.41, 5.74) is 2.52. The number of hydrogen-bond acceptors (Lipinski definition) is 1. The van der Waals surface area contributed by atoms with E-state index in [4.69, 9.17) is 4.43 Å². The third-order valence-electron chi connectivity index (χ3n) is 2.96. The van der Waals surface area contributed by atoms with Crippen LogP contribution in [-0.2, 0) is 4.43 Å². The first kappa shape index (κ1) is 14.2. The molecule has 0 saturated heterocycles. The Balaban J connectivity index is 2.79. The van der Waals surface area contributed by atoms with Gasteiger partial charge in [0.05, 0.1) is 6.10 Å². The van der Waals surface area contributed by atoms with Crippen LogP contribution in [0.1, 0.15) is 39.4 Å². The first-order valence-corrected chi connectivity index (χ1v) is 8.19. The first-order valence-electron chi connectivity index (χ1n) is 6.39. The van der Waals surface area contributed by atoms with Crippen molar-refractivity contribution in [3.8, 4) is 0 Å². The van der Waals surface area contributed by atoms with Crippen LogP contribution in [0, 0.1) is 0 Å². The SMILES string of the molecule is C=CC(O[SiH](C(C)C)C(C)C)c1ccccc1. The predicted molar refractivity (Wildman–Crippen MR) is 77.8 cm³/mol. The summed E-state index contributed by atoms with van der Waals surface area (Å²) in [6.07, 6.45) is 1.97. The van der Waals surface area contributed by atoms with Crippen LogP contribution in [0.2, 0.25) is 11.1 Å². The number of rotatable bonds is 6. The van der Waals surface area contributed by atoms with E-state index in [1.807, 2.05) is 12.1 Å². The summed E-state index contributed by atoms with van der Waals surface area (Å²) >= 11 is 0. The molecule has 0 aliphatic carbocycles. The van der Waals surface area contributed by atoms with Crippen LogP contribution in [0.25, 0.3) is 0 Å². The van der Waals surface area contributed by atoms with Crippen LogP contribution in [0.15, 0.2) is 43.0 Å².